The van der Waals surface area contributed by atoms with Gasteiger partial charge < -0.3 is 10.2 Å². The number of thiophene rings is 1. The number of nitrogens with one attached hydrogen (secondary N) is 1. The van der Waals surface area contributed by atoms with Crippen molar-refractivity contribution < 1.29 is 4.79 Å². The minimum Gasteiger partial charge on any atom is -0.312 e. The molecule has 1 N–H and O–H groups in total. The third-order valence-electron chi connectivity index (χ3n) is 3.58. The molecule has 1 aromatic heterocycles. The Morgan fingerprint density at radius 2 is 1.95 bits per heavy atom. The third-order valence-corrected chi connectivity index (χ3v) is 4.81. The second-order valence-electron chi connectivity index (χ2n) is 5.12. The van der Waals surface area contributed by atoms with E-state index < -0.39 is 0 Å². The zero-order valence-corrected chi connectivity index (χ0v) is 13.2. The van der Waals surface area contributed by atoms with Gasteiger partial charge in [0, 0.05) is 36.6 Å². The van der Waals surface area contributed by atoms with E-state index in [-0.39, 0.29) is 5.91 Å². The van der Waals surface area contributed by atoms with E-state index in [1.807, 2.05) is 29.2 Å². The number of rotatable bonds is 5. The van der Waals surface area contributed by atoms with Crippen LogP contribution in [0.3, 0.4) is 0 Å². The zero-order valence-electron chi connectivity index (χ0n) is 11.6. The highest BCUT2D eigenvalue weighted by Gasteiger charge is 2.21. The van der Waals surface area contributed by atoms with Crippen molar-refractivity contribution in [3.63, 3.8) is 0 Å². The molecule has 0 bridgehead atoms. The molecule has 110 valence electrons. The van der Waals surface area contributed by atoms with Gasteiger partial charge in [-0.2, -0.15) is 0 Å². The van der Waals surface area contributed by atoms with Crippen molar-refractivity contribution in [1.82, 2.24) is 5.32 Å². The van der Waals surface area contributed by atoms with E-state index >= 15 is 0 Å². The maximum absolute atomic E-state index is 11.7. The Kier molecular flexibility index (Phi) is 4.58. The van der Waals surface area contributed by atoms with Crippen LogP contribution in [0.15, 0.2) is 36.4 Å². The van der Waals surface area contributed by atoms with Crippen molar-refractivity contribution in [2.75, 3.05) is 11.4 Å². The van der Waals surface area contributed by atoms with Crippen LogP contribution in [0, 0.1) is 0 Å². The smallest absolute Gasteiger partial charge is 0.227 e. The SMILES string of the molecule is O=C1CCCN1c1ccc(CNCc2ccc(Cl)s2)cc1. The van der Waals surface area contributed by atoms with Gasteiger partial charge in [-0.15, -0.1) is 11.3 Å². The van der Waals surface area contributed by atoms with Crippen LogP contribution >= 0.6 is 22.9 Å². The lowest BCUT2D eigenvalue weighted by Gasteiger charge is -2.16. The predicted molar refractivity (Wildman–Crippen MR) is 87.9 cm³/mol. The number of benzene rings is 1. The van der Waals surface area contributed by atoms with Crippen LogP contribution in [0.4, 0.5) is 5.69 Å². The second kappa shape index (κ2) is 6.60. The lowest BCUT2D eigenvalue weighted by Crippen LogP contribution is -2.23. The first-order chi connectivity index (χ1) is 10.2. The molecule has 3 rings (SSSR count). The lowest BCUT2D eigenvalue weighted by molar-refractivity contribution is -0.117. The second-order valence-corrected chi connectivity index (χ2v) is 6.92. The van der Waals surface area contributed by atoms with E-state index in [0.717, 1.165) is 36.1 Å². The van der Waals surface area contributed by atoms with Crippen LogP contribution in [0.5, 0.6) is 0 Å². The summed E-state index contributed by atoms with van der Waals surface area (Å²) in [5.41, 5.74) is 2.22. The molecule has 0 spiro atoms. The highest BCUT2D eigenvalue weighted by molar-refractivity contribution is 7.16. The summed E-state index contributed by atoms with van der Waals surface area (Å²) in [5.74, 6) is 0.232. The largest absolute Gasteiger partial charge is 0.312 e. The molecule has 1 fully saturated rings. The first-order valence-corrected chi connectivity index (χ1v) is 8.26. The standard InChI is InChI=1S/C16H17ClN2OS/c17-15-8-7-14(21-15)11-18-10-12-3-5-13(6-4-12)19-9-1-2-16(19)20/h3-8,18H,1-2,9-11H2. The average molecular weight is 321 g/mol. The number of hydrogen-bond donors (Lipinski definition) is 1. The average Bonchev–Trinajstić information content (AvgIpc) is 3.09. The van der Waals surface area contributed by atoms with Gasteiger partial charge >= 0.3 is 0 Å². The fourth-order valence-electron chi connectivity index (χ4n) is 2.49. The van der Waals surface area contributed by atoms with Crippen LogP contribution in [0.25, 0.3) is 0 Å². The molecule has 0 unspecified atom stereocenters. The van der Waals surface area contributed by atoms with E-state index in [4.69, 9.17) is 11.6 Å². The van der Waals surface area contributed by atoms with Gasteiger partial charge in [0.15, 0.2) is 0 Å². The molecule has 1 amide bonds. The first-order valence-electron chi connectivity index (χ1n) is 7.06. The first kappa shape index (κ1) is 14.6. The van der Waals surface area contributed by atoms with Crippen LogP contribution in [0.2, 0.25) is 4.34 Å². The van der Waals surface area contributed by atoms with Crippen molar-refractivity contribution in [3.05, 3.63) is 51.2 Å². The number of amides is 1. The van der Waals surface area contributed by atoms with E-state index in [9.17, 15) is 4.79 Å². The number of carbonyl (C=O) groups is 1. The van der Waals surface area contributed by atoms with Crippen molar-refractivity contribution in [1.29, 1.82) is 0 Å². The van der Waals surface area contributed by atoms with Gasteiger partial charge in [0.2, 0.25) is 5.91 Å². The summed E-state index contributed by atoms with van der Waals surface area (Å²) < 4.78 is 0.825. The minimum absolute atomic E-state index is 0.232. The monoisotopic (exact) mass is 320 g/mol. The highest BCUT2D eigenvalue weighted by Crippen LogP contribution is 2.22. The van der Waals surface area contributed by atoms with Gasteiger partial charge in [0.25, 0.3) is 0 Å². The van der Waals surface area contributed by atoms with Gasteiger partial charge in [-0.05, 0) is 36.2 Å². The quantitative estimate of drug-likeness (QED) is 0.908. The molecule has 21 heavy (non-hydrogen) atoms. The summed E-state index contributed by atoms with van der Waals surface area (Å²) in [6, 6.07) is 12.2. The summed E-state index contributed by atoms with van der Waals surface area (Å²) in [7, 11) is 0. The molecule has 0 radical (unpaired) electrons. The summed E-state index contributed by atoms with van der Waals surface area (Å²) >= 11 is 7.51. The molecule has 1 aromatic carbocycles. The molecular weight excluding hydrogens is 304 g/mol. The molecule has 0 aliphatic carbocycles. The molecule has 1 saturated heterocycles. The maximum atomic E-state index is 11.7. The summed E-state index contributed by atoms with van der Waals surface area (Å²) in [6.45, 7) is 2.48. The number of nitrogens with zero attached hydrogens (tertiary/aromatic N) is 1. The fraction of sp³-hybridized carbons (Fsp3) is 0.312. The summed E-state index contributed by atoms with van der Waals surface area (Å²) in [6.07, 6.45) is 1.64. The van der Waals surface area contributed by atoms with Crippen molar-refractivity contribution in [3.8, 4) is 0 Å². The normalized spacial score (nSPS) is 14.9. The Bertz CT molecular complexity index is 623. The zero-order chi connectivity index (χ0) is 14.7. The highest BCUT2D eigenvalue weighted by atomic mass is 35.5. The number of carbonyl (C=O) groups excluding carboxylic acids is 1. The minimum atomic E-state index is 0.232. The molecule has 0 atom stereocenters. The van der Waals surface area contributed by atoms with Crippen LogP contribution in [0.1, 0.15) is 23.3 Å². The fourth-order valence-corrected chi connectivity index (χ4v) is 3.55. The van der Waals surface area contributed by atoms with Crippen molar-refractivity contribution >= 4 is 34.5 Å². The molecule has 1 aliphatic heterocycles. The number of anilines is 1. The van der Waals surface area contributed by atoms with Gasteiger partial charge in [-0.3, -0.25) is 4.79 Å². The Balaban J connectivity index is 1.53. The molecule has 1 aliphatic rings. The molecule has 3 nitrogen and oxygen atoms in total. The van der Waals surface area contributed by atoms with Crippen LogP contribution in [-0.4, -0.2) is 12.5 Å². The molecule has 2 aromatic rings. The molecule has 2 heterocycles. The van der Waals surface area contributed by atoms with Gasteiger partial charge in [-0.25, -0.2) is 0 Å². The van der Waals surface area contributed by atoms with E-state index in [1.54, 1.807) is 11.3 Å². The van der Waals surface area contributed by atoms with E-state index in [0.29, 0.717) is 6.42 Å². The Morgan fingerprint density at radius 1 is 1.14 bits per heavy atom. The molecule has 0 saturated carbocycles. The predicted octanol–water partition coefficient (Wildman–Crippen LogP) is 3.82. The summed E-state index contributed by atoms with van der Waals surface area (Å²) in [5, 5.41) is 3.40. The topological polar surface area (TPSA) is 32.3 Å². The van der Waals surface area contributed by atoms with Crippen LogP contribution in [-0.2, 0) is 17.9 Å². The lowest BCUT2D eigenvalue weighted by atomic mass is 10.2. The molecule has 5 heteroatoms. The van der Waals surface area contributed by atoms with Gasteiger partial charge in [0.05, 0.1) is 4.34 Å². The van der Waals surface area contributed by atoms with E-state index in [1.165, 1.54) is 10.4 Å². The number of halogens is 1. The summed E-state index contributed by atoms with van der Waals surface area (Å²) in [4.78, 5) is 14.8. The van der Waals surface area contributed by atoms with E-state index in [2.05, 4.69) is 17.4 Å². The molecular formula is C16H17ClN2OS. The number of hydrogen-bond acceptors (Lipinski definition) is 3. The van der Waals surface area contributed by atoms with Crippen molar-refractivity contribution in [2.45, 2.75) is 25.9 Å². The Morgan fingerprint density at radius 3 is 2.57 bits per heavy atom. The van der Waals surface area contributed by atoms with Crippen molar-refractivity contribution in [2.24, 2.45) is 0 Å². The Labute approximate surface area is 133 Å². The van der Waals surface area contributed by atoms with Gasteiger partial charge in [-0.1, -0.05) is 23.7 Å². The Hall–Kier alpha value is -1.36. The maximum Gasteiger partial charge on any atom is 0.227 e. The third kappa shape index (κ3) is 3.64. The van der Waals surface area contributed by atoms with Gasteiger partial charge in [0.1, 0.15) is 0 Å². The van der Waals surface area contributed by atoms with Crippen LogP contribution < -0.4 is 10.2 Å².